The molecule has 1 saturated carbocycles. The maximum Gasteiger partial charge on any atom is 0.405 e. The molecule has 1 nitrogen and oxygen atoms in total. The molecule has 0 spiro atoms. The molecule has 0 unspecified atom stereocenters. The third-order valence-corrected chi connectivity index (χ3v) is 3.46. The number of hydrogen-bond acceptors (Lipinski definition) is 1. The van der Waals surface area contributed by atoms with Gasteiger partial charge < -0.3 is 4.90 Å². The molecule has 0 aliphatic heterocycles. The fourth-order valence-corrected chi connectivity index (χ4v) is 2.21. The van der Waals surface area contributed by atoms with Crippen LogP contribution in [0.4, 0.5) is 23.2 Å². The van der Waals surface area contributed by atoms with Crippen molar-refractivity contribution in [1.82, 2.24) is 0 Å². The smallest absolute Gasteiger partial charge is 0.357 e. The lowest BCUT2D eigenvalue weighted by Gasteiger charge is -2.26. The molecule has 0 amide bonds. The van der Waals surface area contributed by atoms with E-state index in [9.17, 15) is 17.6 Å². The molecule has 0 atom stereocenters. The van der Waals surface area contributed by atoms with E-state index in [0.717, 1.165) is 4.90 Å². The van der Waals surface area contributed by atoms with Gasteiger partial charge in [0.05, 0.1) is 5.69 Å². The minimum atomic E-state index is -4.32. The van der Waals surface area contributed by atoms with Crippen LogP contribution in [-0.4, -0.2) is 18.8 Å². The van der Waals surface area contributed by atoms with Crippen LogP contribution in [0.15, 0.2) is 18.2 Å². The maximum absolute atomic E-state index is 13.8. The van der Waals surface area contributed by atoms with Gasteiger partial charge in [0.25, 0.3) is 0 Å². The van der Waals surface area contributed by atoms with Crippen LogP contribution >= 0.6 is 15.9 Å². The second-order valence-electron chi connectivity index (χ2n) is 4.39. The number of rotatable bonds is 4. The fraction of sp³-hybridized carbons (Fsp3) is 0.500. The first-order valence-electron chi connectivity index (χ1n) is 5.58. The maximum atomic E-state index is 13.8. The highest BCUT2D eigenvalue weighted by Gasteiger charge is 2.39. The Kier molecular flexibility index (Phi) is 3.84. The molecule has 2 rings (SSSR count). The van der Waals surface area contributed by atoms with Gasteiger partial charge in [-0.1, -0.05) is 22.0 Å². The summed E-state index contributed by atoms with van der Waals surface area (Å²) in [5, 5.41) is 0.479. The average molecular weight is 326 g/mol. The Hall–Kier alpha value is -0.780. The molecular formula is C12H12BrF4N. The van der Waals surface area contributed by atoms with Crippen LogP contribution in [0.25, 0.3) is 0 Å². The van der Waals surface area contributed by atoms with Gasteiger partial charge in [-0.2, -0.15) is 13.2 Å². The van der Waals surface area contributed by atoms with Crippen molar-refractivity contribution in [2.45, 2.75) is 30.4 Å². The predicted octanol–water partition coefficient (Wildman–Crippen LogP) is 4.25. The van der Waals surface area contributed by atoms with E-state index in [0.29, 0.717) is 23.7 Å². The summed E-state index contributed by atoms with van der Waals surface area (Å²) in [4.78, 5) is 1.12. The lowest BCUT2D eigenvalue weighted by atomic mass is 10.2. The summed E-state index contributed by atoms with van der Waals surface area (Å²) in [5.74, 6) is -0.594. The van der Waals surface area contributed by atoms with Crippen molar-refractivity contribution in [2.24, 2.45) is 0 Å². The van der Waals surface area contributed by atoms with E-state index in [1.54, 1.807) is 6.07 Å². The summed E-state index contributed by atoms with van der Waals surface area (Å²) in [6.45, 7) is -1.09. The van der Waals surface area contributed by atoms with Gasteiger partial charge in [0.15, 0.2) is 0 Å². The summed E-state index contributed by atoms with van der Waals surface area (Å²) in [6, 6.07) is 4.15. The molecule has 1 aromatic rings. The predicted molar refractivity (Wildman–Crippen MR) is 65.5 cm³/mol. The van der Waals surface area contributed by atoms with E-state index < -0.39 is 18.5 Å². The van der Waals surface area contributed by atoms with Crippen molar-refractivity contribution in [1.29, 1.82) is 0 Å². The van der Waals surface area contributed by atoms with Crippen molar-refractivity contribution >= 4 is 21.6 Å². The molecular weight excluding hydrogens is 314 g/mol. The molecule has 0 radical (unpaired) electrons. The molecule has 1 aliphatic carbocycles. The molecule has 1 aliphatic rings. The highest BCUT2D eigenvalue weighted by Crippen LogP contribution is 2.35. The van der Waals surface area contributed by atoms with Crippen molar-refractivity contribution in [3.8, 4) is 0 Å². The van der Waals surface area contributed by atoms with Crippen LogP contribution in [0, 0.1) is 5.82 Å². The van der Waals surface area contributed by atoms with Crippen LogP contribution in [0.3, 0.4) is 0 Å². The van der Waals surface area contributed by atoms with E-state index in [4.69, 9.17) is 0 Å². The second-order valence-corrected chi connectivity index (χ2v) is 4.95. The molecule has 100 valence electrons. The SMILES string of the molecule is Fc1cc(CBr)ccc1N(CC(F)(F)F)C1CC1. The molecule has 0 bridgehead atoms. The summed E-state index contributed by atoms with van der Waals surface area (Å²) in [7, 11) is 0. The summed E-state index contributed by atoms with van der Waals surface area (Å²) in [5.41, 5.74) is 0.749. The molecule has 0 aromatic heterocycles. The Balaban J connectivity index is 2.25. The largest absolute Gasteiger partial charge is 0.405 e. The summed E-state index contributed by atoms with van der Waals surface area (Å²) < 4.78 is 51.3. The summed E-state index contributed by atoms with van der Waals surface area (Å²) >= 11 is 3.18. The van der Waals surface area contributed by atoms with Gasteiger partial charge in [0.2, 0.25) is 0 Å². The Morgan fingerprint density at radius 1 is 1.28 bits per heavy atom. The quantitative estimate of drug-likeness (QED) is 0.591. The van der Waals surface area contributed by atoms with Crippen LogP contribution in [-0.2, 0) is 5.33 Å². The molecule has 18 heavy (non-hydrogen) atoms. The number of anilines is 1. The van der Waals surface area contributed by atoms with Gasteiger partial charge >= 0.3 is 6.18 Å². The third-order valence-electron chi connectivity index (χ3n) is 2.81. The Morgan fingerprint density at radius 3 is 2.39 bits per heavy atom. The zero-order chi connectivity index (χ0) is 13.3. The number of halogens is 5. The minimum absolute atomic E-state index is 0.0412. The summed E-state index contributed by atoms with van der Waals surface area (Å²) in [6.07, 6.45) is -2.94. The van der Waals surface area contributed by atoms with Gasteiger partial charge in [-0.15, -0.1) is 0 Å². The molecule has 6 heteroatoms. The van der Waals surface area contributed by atoms with E-state index in [2.05, 4.69) is 15.9 Å². The fourth-order valence-electron chi connectivity index (χ4n) is 1.86. The number of alkyl halides is 4. The van der Waals surface area contributed by atoms with E-state index in [1.165, 1.54) is 12.1 Å². The van der Waals surface area contributed by atoms with E-state index in [1.807, 2.05) is 0 Å². The Bertz CT molecular complexity index is 429. The normalized spacial score (nSPS) is 15.8. The Morgan fingerprint density at radius 2 is 1.94 bits per heavy atom. The monoisotopic (exact) mass is 325 g/mol. The zero-order valence-corrected chi connectivity index (χ0v) is 11.1. The van der Waals surface area contributed by atoms with E-state index in [-0.39, 0.29) is 11.7 Å². The van der Waals surface area contributed by atoms with Gasteiger partial charge in [-0.25, -0.2) is 4.39 Å². The van der Waals surface area contributed by atoms with Crippen molar-refractivity contribution in [3.63, 3.8) is 0 Å². The van der Waals surface area contributed by atoms with Gasteiger partial charge in [-0.05, 0) is 30.5 Å². The average Bonchev–Trinajstić information content (AvgIpc) is 3.08. The van der Waals surface area contributed by atoms with Gasteiger partial charge in [0.1, 0.15) is 12.4 Å². The number of benzene rings is 1. The van der Waals surface area contributed by atoms with Gasteiger partial charge in [-0.3, -0.25) is 0 Å². The highest BCUT2D eigenvalue weighted by molar-refractivity contribution is 9.08. The molecule has 1 fully saturated rings. The molecule has 0 N–H and O–H groups in total. The lowest BCUT2D eigenvalue weighted by molar-refractivity contribution is -0.120. The first kappa shape index (κ1) is 13.6. The number of nitrogens with zero attached hydrogens (tertiary/aromatic N) is 1. The van der Waals surface area contributed by atoms with Crippen LogP contribution in [0.1, 0.15) is 18.4 Å². The van der Waals surface area contributed by atoms with Gasteiger partial charge in [0, 0.05) is 11.4 Å². The number of hydrogen-bond donors (Lipinski definition) is 0. The van der Waals surface area contributed by atoms with E-state index >= 15 is 0 Å². The van der Waals surface area contributed by atoms with Crippen molar-refractivity contribution in [2.75, 3.05) is 11.4 Å². The van der Waals surface area contributed by atoms with Crippen LogP contribution in [0.5, 0.6) is 0 Å². The molecule has 0 saturated heterocycles. The molecule has 1 aromatic carbocycles. The highest BCUT2D eigenvalue weighted by atomic mass is 79.9. The topological polar surface area (TPSA) is 3.24 Å². The van der Waals surface area contributed by atoms with Crippen LogP contribution in [0.2, 0.25) is 0 Å². The first-order valence-corrected chi connectivity index (χ1v) is 6.70. The van der Waals surface area contributed by atoms with Crippen LogP contribution < -0.4 is 4.90 Å². The molecule has 0 heterocycles. The minimum Gasteiger partial charge on any atom is -0.357 e. The zero-order valence-electron chi connectivity index (χ0n) is 9.47. The Labute approximate surface area is 111 Å². The first-order chi connectivity index (χ1) is 8.40. The van der Waals surface area contributed by atoms with Crippen molar-refractivity contribution < 1.29 is 17.6 Å². The standard InChI is InChI=1S/C12H12BrF4N/c13-6-8-1-4-11(10(14)5-8)18(9-2-3-9)7-12(15,16)17/h1,4-5,9H,2-3,6-7H2. The lowest BCUT2D eigenvalue weighted by Crippen LogP contribution is -2.36. The second kappa shape index (κ2) is 5.07. The van der Waals surface area contributed by atoms with Crippen molar-refractivity contribution in [3.05, 3.63) is 29.6 Å². The third kappa shape index (κ3) is 3.37.